The highest BCUT2D eigenvalue weighted by atomic mass is 16.7. The number of hydrogen-bond acceptors (Lipinski definition) is 10. The number of nitrogens with zero attached hydrogens (tertiary/aromatic N) is 2. The van der Waals surface area contributed by atoms with Gasteiger partial charge in [-0.2, -0.15) is 0 Å². The Hall–Kier alpha value is -3.92. The van der Waals surface area contributed by atoms with Crippen LogP contribution in [0.3, 0.4) is 0 Å². The van der Waals surface area contributed by atoms with Gasteiger partial charge in [0.1, 0.15) is 17.3 Å². The van der Waals surface area contributed by atoms with Crippen LogP contribution in [0.2, 0.25) is 0 Å². The number of rotatable bonds is 7. The summed E-state index contributed by atoms with van der Waals surface area (Å²) < 4.78 is 16.1. The molecule has 2 bridgehead atoms. The number of carbonyl (C=O) groups excluding carboxylic acids is 1. The van der Waals surface area contributed by atoms with E-state index in [0.717, 1.165) is 34.2 Å². The average Bonchev–Trinajstić information content (AvgIpc) is 3.37. The van der Waals surface area contributed by atoms with E-state index in [-0.39, 0.29) is 12.7 Å². The van der Waals surface area contributed by atoms with Gasteiger partial charge in [0.2, 0.25) is 0 Å². The van der Waals surface area contributed by atoms with Crippen molar-refractivity contribution in [1.82, 2.24) is 5.48 Å². The molecule has 2 aromatic carbocycles. The van der Waals surface area contributed by atoms with Gasteiger partial charge in [-0.25, -0.2) is 20.1 Å². The number of fused-ring (bicyclic) bond motifs is 3. The molecule has 172 valence electrons. The van der Waals surface area contributed by atoms with Crippen LogP contribution in [0.25, 0.3) is 0 Å². The van der Waals surface area contributed by atoms with Crippen molar-refractivity contribution in [1.29, 1.82) is 0 Å². The molecule has 3 heterocycles. The molecule has 0 saturated carbocycles. The maximum Gasteiger partial charge on any atom is 0.351 e. The summed E-state index contributed by atoms with van der Waals surface area (Å²) in [6.07, 6.45) is 1.59. The van der Waals surface area contributed by atoms with Crippen molar-refractivity contribution in [2.45, 2.75) is 32.8 Å². The van der Waals surface area contributed by atoms with Crippen LogP contribution >= 0.6 is 0 Å². The second-order valence-corrected chi connectivity index (χ2v) is 8.06. The molecule has 3 aliphatic rings. The molecule has 33 heavy (non-hydrogen) atoms. The lowest BCUT2D eigenvalue weighted by Crippen LogP contribution is -2.51. The molecule has 10 heteroatoms. The van der Waals surface area contributed by atoms with Gasteiger partial charge in [-0.05, 0) is 63.2 Å². The third kappa shape index (κ3) is 4.00. The van der Waals surface area contributed by atoms with Gasteiger partial charge in [-0.1, -0.05) is 0 Å². The lowest BCUT2D eigenvalue weighted by Gasteiger charge is -2.36. The molecule has 1 unspecified atom stereocenters. The molecule has 1 saturated heterocycles. The predicted octanol–water partition coefficient (Wildman–Crippen LogP) is 3.16. The minimum Gasteiger partial charge on any atom is -0.482 e. The topological polar surface area (TPSA) is 106 Å². The maximum absolute atomic E-state index is 11.7. The SMILES string of the molecule is CC1=C2NOC(Nc3ccc(OCC(=O)OC(C)C)cc3)(N=C1)N2c1ccc2c(c1)NCO2. The number of allylic oxidation sites excluding steroid dienone is 1. The molecule has 0 radical (unpaired) electrons. The minimum absolute atomic E-state index is 0.149. The molecule has 2 aromatic rings. The van der Waals surface area contributed by atoms with Gasteiger partial charge in [-0.15, -0.1) is 0 Å². The molecular weight excluding hydrogens is 426 g/mol. The quantitative estimate of drug-likeness (QED) is 0.548. The zero-order chi connectivity index (χ0) is 23.0. The van der Waals surface area contributed by atoms with Gasteiger partial charge in [0, 0.05) is 17.5 Å². The Morgan fingerprint density at radius 2 is 2.09 bits per heavy atom. The number of ether oxygens (including phenoxy) is 3. The number of esters is 1. The van der Waals surface area contributed by atoms with Gasteiger partial charge in [0.05, 0.1) is 17.5 Å². The van der Waals surface area contributed by atoms with Gasteiger partial charge in [0.15, 0.2) is 13.3 Å². The number of nitrogens with one attached hydrogen (secondary N) is 3. The van der Waals surface area contributed by atoms with E-state index in [4.69, 9.17) is 19.0 Å². The van der Waals surface area contributed by atoms with E-state index in [1.165, 1.54) is 0 Å². The van der Waals surface area contributed by atoms with Gasteiger partial charge in [0.25, 0.3) is 0 Å². The Bertz CT molecular complexity index is 1130. The van der Waals surface area contributed by atoms with Crippen molar-refractivity contribution in [3.8, 4) is 11.5 Å². The largest absolute Gasteiger partial charge is 0.482 e. The molecular formula is C23H25N5O5. The zero-order valence-corrected chi connectivity index (χ0v) is 18.5. The number of carbonyl (C=O) groups is 1. The Labute approximate surface area is 191 Å². The van der Waals surface area contributed by atoms with Crippen molar-refractivity contribution in [3.63, 3.8) is 0 Å². The molecule has 5 rings (SSSR count). The van der Waals surface area contributed by atoms with Crippen molar-refractivity contribution < 1.29 is 23.8 Å². The first-order valence-electron chi connectivity index (χ1n) is 10.7. The molecule has 3 aliphatic heterocycles. The molecule has 3 N–H and O–H groups in total. The van der Waals surface area contributed by atoms with Crippen LogP contribution in [-0.4, -0.2) is 37.6 Å². The lowest BCUT2D eigenvalue weighted by atomic mass is 10.2. The smallest absolute Gasteiger partial charge is 0.351 e. The van der Waals surface area contributed by atoms with Crippen molar-refractivity contribution >= 4 is 29.2 Å². The molecule has 0 aromatic heterocycles. The Balaban J connectivity index is 1.35. The van der Waals surface area contributed by atoms with Crippen molar-refractivity contribution in [3.05, 3.63) is 53.9 Å². The minimum atomic E-state index is -1.22. The summed E-state index contributed by atoms with van der Waals surface area (Å²) in [6, 6.07) is 13.1. The maximum atomic E-state index is 11.7. The van der Waals surface area contributed by atoms with E-state index in [0.29, 0.717) is 12.5 Å². The van der Waals surface area contributed by atoms with Crippen LogP contribution in [0.15, 0.2) is 58.9 Å². The molecule has 10 nitrogen and oxygen atoms in total. The van der Waals surface area contributed by atoms with Crippen LogP contribution < -0.4 is 30.5 Å². The fraction of sp³-hybridized carbons (Fsp3) is 0.304. The van der Waals surface area contributed by atoms with Gasteiger partial charge >= 0.3 is 11.9 Å². The Morgan fingerprint density at radius 3 is 2.88 bits per heavy atom. The van der Waals surface area contributed by atoms with E-state index < -0.39 is 11.9 Å². The fourth-order valence-corrected chi connectivity index (χ4v) is 3.74. The molecule has 0 amide bonds. The summed E-state index contributed by atoms with van der Waals surface area (Å²) in [7, 11) is 0. The summed E-state index contributed by atoms with van der Waals surface area (Å²) in [5, 5.41) is 6.56. The number of hydrogen-bond donors (Lipinski definition) is 3. The van der Waals surface area contributed by atoms with Gasteiger partial charge < -0.3 is 24.8 Å². The standard InChI is InChI=1S/C23H25N5O5/c1-14(2)32-21(29)12-30-18-7-4-16(5-8-18)26-23-25-11-15(3)22(27-33-23)28(23)17-6-9-20-19(10-17)24-13-31-20/h4-11,14,24,26-27H,12-13H2,1-3H3. The van der Waals surface area contributed by atoms with Crippen LogP contribution in [0.5, 0.6) is 11.5 Å². The van der Waals surface area contributed by atoms with E-state index in [1.54, 1.807) is 32.2 Å². The van der Waals surface area contributed by atoms with Crippen LogP contribution in [0.1, 0.15) is 20.8 Å². The van der Waals surface area contributed by atoms with E-state index >= 15 is 0 Å². The summed E-state index contributed by atoms with van der Waals surface area (Å²) in [5.41, 5.74) is 6.47. The lowest BCUT2D eigenvalue weighted by molar-refractivity contribution is -0.149. The monoisotopic (exact) mass is 451 g/mol. The van der Waals surface area contributed by atoms with E-state index in [1.807, 2.05) is 42.2 Å². The Morgan fingerprint density at radius 1 is 1.27 bits per heavy atom. The van der Waals surface area contributed by atoms with E-state index in [9.17, 15) is 4.79 Å². The third-order valence-electron chi connectivity index (χ3n) is 5.22. The molecule has 1 fully saturated rings. The third-order valence-corrected chi connectivity index (χ3v) is 5.22. The zero-order valence-electron chi connectivity index (χ0n) is 18.5. The highest BCUT2D eigenvalue weighted by molar-refractivity contribution is 5.85. The summed E-state index contributed by atoms with van der Waals surface area (Å²) in [5.74, 6) is 0.523. The Kier molecular flexibility index (Phi) is 5.21. The summed E-state index contributed by atoms with van der Waals surface area (Å²) in [4.78, 5) is 24.2. The summed E-state index contributed by atoms with van der Waals surface area (Å²) >= 11 is 0. The first-order valence-corrected chi connectivity index (χ1v) is 10.7. The second kappa shape index (κ2) is 8.21. The number of hydroxylamine groups is 1. The van der Waals surface area contributed by atoms with Crippen molar-refractivity contribution in [2.24, 2.45) is 4.99 Å². The highest BCUT2D eigenvalue weighted by Gasteiger charge is 2.49. The normalized spacial score (nSPS) is 20.2. The number of aliphatic imine (C=N–C) groups is 1. The molecule has 0 aliphatic carbocycles. The first-order chi connectivity index (χ1) is 15.9. The molecule has 1 atom stereocenters. The predicted molar refractivity (Wildman–Crippen MR) is 123 cm³/mol. The fourth-order valence-electron chi connectivity index (χ4n) is 3.74. The summed E-state index contributed by atoms with van der Waals surface area (Å²) in [6.45, 7) is 5.85. The van der Waals surface area contributed by atoms with Gasteiger partial charge in [-0.3, -0.25) is 4.90 Å². The first kappa shape index (κ1) is 21.0. The van der Waals surface area contributed by atoms with Crippen LogP contribution in [0.4, 0.5) is 17.1 Å². The average molecular weight is 451 g/mol. The van der Waals surface area contributed by atoms with Crippen LogP contribution in [-0.2, 0) is 14.4 Å². The second-order valence-electron chi connectivity index (χ2n) is 8.06. The highest BCUT2D eigenvalue weighted by Crippen LogP contribution is 2.42. The van der Waals surface area contributed by atoms with E-state index in [2.05, 4.69) is 21.1 Å². The number of anilines is 3. The molecule has 0 spiro atoms. The van der Waals surface area contributed by atoms with Crippen molar-refractivity contribution in [2.75, 3.05) is 28.9 Å². The van der Waals surface area contributed by atoms with Crippen LogP contribution in [0, 0.1) is 0 Å². The number of benzene rings is 2.